The van der Waals surface area contributed by atoms with Crippen molar-refractivity contribution in [2.24, 2.45) is 4.99 Å². The lowest BCUT2D eigenvalue weighted by molar-refractivity contribution is -0.157. The molecule has 0 fully saturated rings. The van der Waals surface area contributed by atoms with E-state index in [1.165, 1.54) is 12.0 Å². The Morgan fingerprint density at radius 1 is 1.00 bits per heavy atom. The number of esters is 2. The Morgan fingerprint density at radius 3 is 2.35 bits per heavy atom. The average molecular weight is 621 g/mol. The number of hydrogen-bond donors (Lipinski definition) is 0. The molecule has 9 nitrogen and oxygen atoms in total. The van der Waals surface area contributed by atoms with Gasteiger partial charge in [0.2, 0.25) is 0 Å². The van der Waals surface area contributed by atoms with Gasteiger partial charge < -0.3 is 14.2 Å². The Morgan fingerprint density at radius 2 is 1.70 bits per heavy atom. The molecule has 0 unspecified atom stereocenters. The molecule has 1 aliphatic heterocycles. The average Bonchev–Trinajstić information content (AvgIpc) is 3.43. The fraction of sp³-hybridized carbons (Fsp3) is 0.344. The minimum Gasteiger partial charge on any atom is -0.482 e. The van der Waals surface area contributed by atoms with E-state index in [-0.39, 0.29) is 19.0 Å². The van der Waals surface area contributed by atoms with Crippen molar-refractivity contribution in [2.45, 2.75) is 59.6 Å². The molecule has 0 bridgehead atoms. The smallest absolute Gasteiger partial charge is 0.344 e. The largest absolute Gasteiger partial charge is 0.482 e. The second-order valence-electron chi connectivity index (χ2n) is 11.3. The predicted octanol–water partition coefficient (Wildman–Crippen LogP) is 6.75. The van der Waals surface area contributed by atoms with Crippen molar-refractivity contribution in [3.8, 4) is 21.9 Å². The highest BCUT2D eigenvalue weighted by Gasteiger charge is 2.32. The van der Waals surface area contributed by atoms with Gasteiger partial charge in [0.1, 0.15) is 28.2 Å². The fourth-order valence-corrected chi connectivity index (χ4v) is 6.40. The van der Waals surface area contributed by atoms with Crippen LogP contribution in [0.1, 0.15) is 66.5 Å². The van der Waals surface area contributed by atoms with Crippen molar-refractivity contribution in [1.29, 1.82) is 0 Å². The van der Waals surface area contributed by atoms with Gasteiger partial charge in [-0.05, 0) is 70.9 Å². The Balaban J connectivity index is 1.47. The first-order valence-corrected chi connectivity index (χ1v) is 15.0. The maximum atomic E-state index is 12.4. The standard InChI is InChI=1S/C32H33ClN4O5S/c1-17-18(2)43-31-28(17)29(34-25(15-26(38)40-7)30-36-35-19(3)37(30)31)21-10-8-20(9-11-21)23-13-12-22(14-24(23)33)41-16-27(39)42-32(4,5)6/h8-14,25H,15-16H2,1-7H3/t25-/m0/s1. The number of carbonyl (C=O) groups excluding carboxylic acids is 2. The summed E-state index contributed by atoms with van der Waals surface area (Å²) < 4.78 is 17.9. The van der Waals surface area contributed by atoms with Crippen molar-refractivity contribution >= 4 is 40.6 Å². The van der Waals surface area contributed by atoms with Crippen molar-refractivity contribution < 1.29 is 23.8 Å². The second-order valence-corrected chi connectivity index (χ2v) is 12.9. The number of ether oxygens (including phenoxy) is 3. The zero-order chi connectivity index (χ0) is 31.1. The number of fused-ring (bicyclic) bond motifs is 3. The molecule has 3 heterocycles. The van der Waals surface area contributed by atoms with E-state index in [2.05, 4.69) is 24.0 Å². The van der Waals surface area contributed by atoms with Crippen LogP contribution in [0.2, 0.25) is 5.02 Å². The number of methoxy groups -OCH3 is 1. The Hall–Kier alpha value is -4.02. The molecular weight excluding hydrogens is 588 g/mol. The topological polar surface area (TPSA) is 105 Å². The molecule has 0 amide bonds. The van der Waals surface area contributed by atoms with E-state index in [9.17, 15) is 9.59 Å². The highest BCUT2D eigenvalue weighted by molar-refractivity contribution is 7.15. The monoisotopic (exact) mass is 620 g/mol. The van der Waals surface area contributed by atoms with E-state index in [0.717, 1.165) is 44.4 Å². The van der Waals surface area contributed by atoms with Crippen LogP contribution < -0.4 is 4.74 Å². The molecule has 0 spiro atoms. The van der Waals surface area contributed by atoms with Crippen molar-refractivity contribution in [3.05, 3.63) is 80.7 Å². The van der Waals surface area contributed by atoms with Crippen LogP contribution >= 0.6 is 22.9 Å². The Bertz CT molecular complexity index is 1730. The predicted molar refractivity (Wildman–Crippen MR) is 167 cm³/mol. The fourth-order valence-electron chi connectivity index (χ4n) is 4.91. The summed E-state index contributed by atoms with van der Waals surface area (Å²) in [6.45, 7) is 11.3. The lowest BCUT2D eigenvalue weighted by Gasteiger charge is -2.19. The highest BCUT2D eigenvalue weighted by atomic mass is 35.5. The third-order valence-corrected chi connectivity index (χ3v) is 8.52. The van der Waals surface area contributed by atoms with Crippen LogP contribution in [0.4, 0.5) is 0 Å². The van der Waals surface area contributed by atoms with Crippen LogP contribution in [0, 0.1) is 20.8 Å². The van der Waals surface area contributed by atoms with Gasteiger partial charge in [-0.25, -0.2) is 4.79 Å². The van der Waals surface area contributed by atoms with Crippen molar-refractivity contribution in [1.82, 2.24) is 14.8 Å². The van der Waals surface area contributed by atoms with Crippen LogP contribution in [0.15, 0.2) is 47.5 Å². The summed E-state index contributed by atoms with van der Waals surface area (Å²) in [5, 5.41) is 10.2. The molecule has 2 aromatic heterocycles. The van der Waals surface area contributed by atoms with Gasteiger partial charge in [-0.3, -0.25) is 14.4 Å². The van der Waals surface area contributed by atoms with Crippen LogP contribution in [-0.4, -0.2) is 51.7 Å². The number of rotatable bonds is 7. The van der Waals surface area contributed by atoms with E-state index in [1.54, 1.807) is 44.2 Å². The number of aryl methyl sites for hydroxylation is 2. The number of hydrogen-bond acceptors (Lipinski definition) is 9. The third-order valence-electron chi connectivity index (χ3n) is 7.01. The van der Waals surface area contributed by atoms with Gasteiger partial charge in [-0.2, -0.15) is 0 Å². The summed E-state index contributed by atoms with van der Waals surface area (Å²) in [7, 11) is 1.37. The molecule has 1 atom stereocenters. The molecule has 0 aliphatic carbocycles. The molecule has 5 rings (SSSR count). The highest BCUT2D eigenvalue weighted by Crippen LogP contribution is 2.40. The molecule has 0 saturated carbocycles. The van der Waals surface area contributed by atoms with E-state index in [4.69, 9.17) is 30.8 Å². The number of benzene rings is 2. The van der Waals surface area contributed by atoms with E-state index >= 15 is 0 Å². The summed E-state index contributed by atoms with van der Waals surface area (Å²) in [5.41, 5.74) is 4.92. The first-order chi connectivity index (χ1) is 20.4. The first kappa shape index (κ1) is 30.4. The second kappa shape index (κ2) is 11.9. The number of carbonyl (C=O) groups is 2. The lowest BCUT2D eigenvalue weighted by atomic mass is 9.97. The quantitative estimate of drug-likeness (QED) is 0.210. The molecule has 0 N–H and O–H groups in total. The maximum absolute atomic E-state index is 12.4. The minimum absolute atomic E-state index is 0.0428. The maximum Gasteiger partial charge on any atom is 0.344 e. The molecule has 11 heteroatoms. The van der Waals surface area contributed by atoms with E-state index < -0.39 is 17.6 Å². The number of aliphatic imine (C=N–C) groups is 1. The van der Waals surface area contributed by atoms with Gasteiger partial charge in [0.25, 0.3) is 0 Å². The molecule has 1 aliphatic rings. The zero-order valence-corrected chi connectivity index (χ0v) is 26.7. The van der Waals surface area contributed by atoms with Crippen molar-refractivity contribution in [3.63, 3.8) is 0 Å². The van der Waals surface area contributed by atoms with Gasteiger partial charge in [0, 0.05) is 21.6 Å². The Labute approximate surface area is 259 Å². The SMILES string of the molecule is COC(=O)C[C@@H]1N=C(c2ccc(-c3ccc(OCC(=O)OC(C)(C)C)cc3Cl)cc2)c2c(sc(C)c2C)-n2c(C)nnc21. The number of halogens is 1. The summed E-state index contributed by atoms with van der Waals surface area (Å²) in [6, 6.07) is 12.7. The van der Waals surface area contributed by atoms with Crippen LogP contribution in [0.3, 0.4) is 0 Å². The molecule has 2 aromatic carbocycles. The summed E-state index contributed by atoms with van der Waals surface area (Å²) in [6.07, 6.45) is 0.0428. The zero-order valence-electron chi connectivity index (χ0n) is 25.1. The number of thiophene rings is 1. The van der Waals surface area contributed by atoms with Gasteiger partial charge in [0.05, 0.1) is 24.3 Å². The van der Waals surface area contributed by atoms with Crippen LogP contribution in [0.5, 0.6) is 5.75 Å². The van der Waals surface area contributed by atoms with Gasteiger partial charge >= 0.3 is 11.9 Å². The summed E-state index contributed by atoms with van der Waals surface area (Å²) >= 11 is 8.30. The first-order valence-electron chi connectivity index (χ1n) is 13.8. The molecule has 0 radical (unpaired) electrons. The minimum atomic E-state index is -0.584. The molecule has 4 aromatic rings. The van der Waals surface area contributed by atoms with E-state index in [1.807, 2.05) is 41.8 Å². The van der Waals surface area contributed by atoms with Crippen LogP contribution in [-0.2, 0) is 19.1 Å². The van der Waals surface area contributed by atoms with Gasteiger partial charge in [-0.15, -0.1) is 21.5 Å². The normalized spacial score (nSPS) is 14.3. The van der Waals surface area contributed by atoms with Gasteiger partial charge in [-0.1, -0.05) is 35.9 Å². The third kappa shape index (κ3) is 6.35. The molecule has 43 heavy (non-hydrogen) atoms. The number of aromatic nitrogens is 3. The van der Waals surface area contributed by atoms with Crippen molar-refractivity contribution in [2.75, 3.05) is 13.7 Å². The summed E-state index contributed by atoms with van der Waals surface area (Å²) in [5.74, 6) is 0.985. The Kier molecular flexibility index (Phi) is 8.45. The molecular formula is C32H33ClN4O5S. The van der Waals surface area contributed by atoms with E-state index in [0.29, 0.717) is 16.6 Å². The summed E-state index contributed by atoms with van der Waals surface area (Å²) in [4.78, 5) is 30.7. The molecule has 0 saturated heterocycles. The van der Waals surface area contributed by atoms with Gasteiger partial charge in [0.15, 0.2) is 12.4 Å². The number of nitrogens with zero attached hydrogens (tertiary/aromatic N) is 4. The molecule has 224 valence electrons. The lowest BCUT2D eigenvalue weighted by Crippen LogP contribution is -2.27. The van der Waals surface area contributed by atoms with Crippen LogP contribution in [0.25, 0.3) is 16.1 Å².